The number of hydrogen-bond donors (Lipinski definition) is 1. The average Bonchev–Trinajstić information content (AvgIpc) is 3.19. The largest absolute Gasteiger partial charge is 0.332 e. The second-order valence-corrected chi connectivity index (χ2v) is 7.48. The fraction of sp³-hybridized carbons (Fsp3) is 0.111. The molecule has 0 aliphatic carbocycles. The number of halogens is 1. The minimum atomic E-state index is -0.0971. The van der Waals surface area contributed by atoms with E-state index in [9.17, 15) is 4.79 Å². The molecule has 1 atom stereocenters. The lowest BCUT2D eigenvalue weighted by Gasteiger charge is -2.12. The zero-order chi connectivity index (χ0) is 16.5. The van der Waals surface area contributed by atoms with E-state index in [1.807, 2.05) is 60.6 Å². The fourth-order valence-electron chi connectivity index (χ4n) is 2.81. The van der Waals surface area contributed by atoms with Crippen molar-refractivity contribution in [3.63, 3.8) is 0 Å². The maximum atomic E-state index is 12.5. The molecule has 0 bridgehead atoms. The second kappa shape index (κ2) is 6.45. The first kappa shape index (κ1) is 15.5. The third-order valence-corrected chi connectivity index (χ3v) is 5.71. The summed E-state index contributed by atoms with van der Waals surface area (Å²) in [5.74, 6) is 0.765. The van der Waals surface area contributed by atoms with Crippen LogP contribution >= 0.6 is 27.7 Å². The molecule has 0 radical (unpaired) electrons. The Morgan fingerprint density at radius 3 is 3.00 bits per heavy atom. The predicted octanol–water partition coefficient (Wildman–Crippen LogP) is 4.69. The Morgan fingerprint density at radius 2 is 2.21 bits per heavy atom. The maximum Gasteiger partial charge on any atom is 0.255 e. The SMILES string of the molecule is O=C(Nc1ccn2c1CSC2c1cccnc1)c1cccc(Br)c1. The molecule has 6 heteroatoms. The average molecular weight is 400 g/mol. The van der Waals surface area contributed by atoms with E-state index in [-0.39, 0.29) is 11.3 Å². The summed E-state index contributed by atoms with van der Waals surface area (Å²) in [5.41, 5.74) is 3.82. The lowest BCUT2D eigenvalue weighted by atomic mass is 10.2. The van der Waals surface area contributed by atoms with Gasteiger partial charge >= 0.3 is 0 Å². The number of rotatable bonds is 3. The number of fused-ring (bicyclic) bond motifs is 1. The van der Waals surface area contributed by atoms with Crippen LogP contribution in [0.25, 0.3) is 0 Å². The summed E-state index contributed by atoms with van der Waals surface area (Å²) >= 11 is 5.23. The number of benzene rings is 1. The van der Waals surface area contributed by atoms with Gasteiger partial charge < -0.3 is 9.88 Å². The van der Waals surface area contributed by atoms with Gasteiger partial charge in [-0.3, -0.25) is 9.78 Å². The highest BCUT2D eigenvalue weighted by atomic mass is 79.9. The van der Waals surface area contributed by atoms with Crippen LogP contribution < -0.4 is 5.32 Å². The van der Waals surface area contributed by atoms with Gasteiger partial charge in [0, 0.05) is 39.9 Å². The van der Waals surface area contributed by atoms with Crippen molar-refractivity contribution < 1.29 is 4.79 Å². The fourth-order valence-corrected chi connectivity index (χ4v) is 4.52. The number of aromatic nitrogens is 2. The molecule has 0 saturated carbocycles. The number of anilines is 1. The van der Waals surface area contributed by atoms with Gasteiger partial charge in [0.15, 0.2) is 0 Å². The lowest BCUT2D eigenvalue weighted by Crippen LogP contribution is -2.12. The number of amides is 1. The molecule has 3 aromatic rings. The molecule has 24 heavy (non-hydrogen) atoms. The molecule has 0 fully saturated rings. The summed E-state index contributed by atoms with van der Waals surface area (Å²) in [7, 11) is 0. The van der Waals surface area contributed by atoms with Gasteiger partial charge in [-0.15, -0.1) is 11.8 Å². The van der Waals surface area contributed by atoms with Crippen molar-refractivity contribution in [1.29, 1.82) is 0 Å². The molecular formula is C18H14BrN3OS. The van der Waals surface area contributed by atoms with E-state index >= 15 is 0 Å². The van der Waals surface area contributed by atoms with Crippen LogP contribution in [-0.4, -0.2) is 15.5 Å². The molecule has 3 heterocycles. The van der Waals surface area contributed by atoms with Crippen molar-refractivity contribution in [3.8, 4) is 0 Å². The van der Waals surface area contributed by atoms with E-state index in [0.29, 0.717) is 5.56 Å². The Morgan fingerprint density at radius 1 is 1.29 bits per heavy atom. The standard InChI is InChI=1S/C18H14BrN3OS/c19-14-5-1-3-12(9-14)17(23)21-15-6-8-22-16(15)11-24-18(22)13-4-2-7-20-10-13/h1-10,18H,11H2,(H,21,23). The van der Waals surface area contributed by atoms with E-state index in [4.69, 9.17) is 0 Å². The van der Waals surface area contributed by atoms with Gasteiger partial charge in [0.25, 0.3) is 5.91 Å². The molecular weight excluding hydrogens is 386 g/mol. The zero-order valence-electron chi connectivity index (χ0n) is 12.6. The molecule has 1 amide bonds. The number of nitrogens with one attached hydrogen (secondary N) is 1. The highest BCUT2D eigenvalue weighted by Crippen LogP contribution is 2.43. The topological polar surface area (TPSA) is 46.9 Å². The predicted molar refractivity (Wildman–Crippen MR) is 100 cm³/mol. The van der Waals surface area contributed by atoms with Crippen LogP contribution in [0.5, 0.6) is 0 Å². The number of carbonyl (C=O) groups excluding carboxylic acids is 1. The maximum absolute atomic E-state index is 12.5. The quantitative estimate of drug-likeness (QED) is 0.694. The van der Waals surface area contributed by atoms with Crippen LogP contribution in [0.1, 0.15) is 27.0 Å². The Kier molecular flexibility index (Phi) is 4.16. The number of thioether (sulfide) groups is 1. The van der Waals surface area contributed by atoms with Crippen molar-refractivity contribution in [2.24, 2.45) is 0 Å². The molecule has 1 N–H and O–H groups in total. The van der Waals surface area contributed by atoms with E-state index in [2.05, 4.69) is 36.9 Å². The highest BCUT2D eigenvalue weighted by Gasteiger charge is 2.26. The van der Waals surface area contributed by atoms with Gasteiger partial charge in [-0.25, -0.2) is 0 Å². The normalized spacial score (nSPS) is 16.0. The zero-order valence-corrected chi connectivity index (χ0v) is 15.0. The van der Waals surface area contributed by atoms with Crippen LogP contribution in [0.15, 0.2) is 65.5 Å². The van der Waals surface area contributed by atoms with Gasteiger partial charge in [-0.2, -0.15) is 0 Å². The monoisotopic (exact) mass is 399 g/mol. The van der Waals surface area contributed by atoms with Crippen molar-refractivity contribution >= 4 is 39.3 Å². The molecule has 0 saturated heterocycles. The minimum absolute atomic E-state index is 0.0971. The smallest absolute Gasteiger partial charge is 0.255 e. The number of nitrogens with zero attached hydrogens (tertiary/aromatic N) is 2. The molecule has 4 nitrogen and oxygen atoms in total. The number of hydrogen-bond acceptors (Lipinski definition) is 3. The van der Waals surface area contributed by atoms with Gasteiger partial charge in [-0.1, -0.05) is 28.1 Å². The third kappa shape index (κ3) is 2.87. The number of pyridine rings is 1. The summed E-state index contributed by atoms with van der Waals surface area (Å²) in [6.45, 7) is 0. The van der Waals surface area contributed by atoms with E-state index in [0.717, 1.165) is 21.6 Å². The summed E-state index contributed by atoms with van der Waals surface area (Å²) in [6, 6.07) is 13.4. The molecule has 0 spiro atoms. The molecule has 4 rings (SSSR count). The second-order valence-electron chi connectivity index (χ2n) is 5.50. The molecule has 2 aromatic heterocycles. The van der Waals surface area contributed by atoms with Crippen molar-refractivity contribution in [2.45, 2.75) is 11.1 Å². The molecule has 1 unspecified atom stereocenters. The Bertz CT molecular complexity index is 894. The summed E-state index contributed by atoms with van der Waals surface area (Å²) in [6.07, 6.45) is 5.71. The van der Waals surface area contributed by atoms with E-state index in [1.54, 1.807) is 6.20 Å². The first-order valence-electron chi connectivity index (χ1n) is 7.50. The minimum Gasteiger partial charge on any atom is -0.332 e. The van der Waals surface area contributed by atoms with E-state index in [1.165, 1.54) is 5.56 Å². The summed E-state index contributed by atoms with van der Waals surface area (Å²) in [5, 5.41) is 3.24. The summed E-state index contributed by atoms with van der Waals surface area (Å²) in [4.78, 5) is 16.7. The van der Waals surface area contributed by atoms with Gasteiger partial charge in [0.05, 0.1) is 11.4 Å². The third-order valence-electron chi connectivity index (χ3n) is 3.96. The molecule has 1 aliphatic heterocycles. The van der Waals surface area contributed by atoms with Crippen molar-refractivity contribution in [2.75, 3.05) is 5.32 Å². The molecule has 1 aliphatic rings. The molecule has 1 aromatic carbocycles. The Balaban J connectivity index is 1.58. The van der Waals surface area contributed by atoms with Crippen molar-refractivity contribution in [3.05, 3.63) is 82.3 Å². The first-order chi connectivity index (χ1) is 11.7. The van der Waals surface area contributed by atoms with Crippen LogP contribution in [0.2, 0.25) is 0 Å². The van der Waals surface area contributed by atoms with Crippen LogP contribution in [0.3, 0.4) is 0 Å². The number of carbonyl (C=O) groups is 1. The van der Waals surface area contributed by atoms with Gasteiger partial charge in [0.2, 0.25) is 0 Å². The summed E-state index contributed by atoms with van der Waals surface area (Å²) < 4.78 is 3.10. The van der Waals surface area contributed by atoms with Gasteiger partial charge in [0.1, 0.15) is 5.37 Å². The van der Waals surface area contributed by atoms with Crippen LogP contribution in [0.4, 0.5) is 5.69 Å². The Labute approximate surface area is 152 Å². The lowest BCUT2D eigenvalue weighted by molar-refractivity contribution is 0.102. The van der Waals surface area contributed by atoms with Crippen molar-refractivity contribution in [1.82, 2.24) is 9.55 Å². The Hall–Kier alpha value is -2.05. The first-order valence-corrected chi connectivity index (χ1v) is 9.35. The van der Waals surface area contributed by atoms with Crippen LogP contribution in [-0.2, 0) is 5.75 Å². The molecule has 120 valence electrons. The highest BCUT2D eigenvalue weighted by molar-refractivity contribution is 9.10. The van der Waals surface area contributed by atoms with Gasteiger partial charge in [-0.05, 0) is 30.3 Å². The van der Waals surface area contributed by atoms with E-state index < -0.39 is 0 Å². The van der Waals surface area contributed by atoms with Crippen LogP contribution in [0, 0.1) is 0 Å².